The molecule has 0 radical (unpaired) electrons. The van der Waals surface area contributed by atoms with Crippen LogP contribution in [-0.4, -0.2) is 25.0 Å². The lowest BCUT2D eigenvalue weighted by Crippen LogP contribution is -2.00. The number of thiophene rings is 1. The SMILES string of the molecule is Cn1nnc(Br)c1-c1nc(N)nc2sccc12. The minimum atomic E-state index is 0.253. The fourth-order valence-electron chi connectivity index (χ4n) is 1.64. The quantitative estimate of drug-likeness (QED) is 0.741. The van der Waals surface area contributed by atoms with Crippen molar-refractivity contribution in [2.75, 3.05) is 5.73 Å². The van der Waals surface area contributed by atoms with Crippen molar-refractivity contribution in [3.63, 3.8) is 0 Å². The van der Waals surface area contributed by atoms with Crippen LogP contribution in [0.2, 0.25) is 0 Å². The van der Waals surface area contributed by atoms with Crippen LogP contribution < -0.4 is 5.73 Å². The number of aromatic nitrogens is 5. The average Bonchev–Trinajstić information content (AvgIpc) is 2.85. The molecule has 0 fully saturated rings. The van der Waals surface area contributed by atoms with Crippen LogP contribution in [0.5, 0.6) is 0 Å². The predicted octanol–water partition coefficient (Wildman–Crippen LogP) is 1.83. The van der Waals surface area contributed by atoms with E-state index < -0.39 is 0 Å². The molecule has 0 saturated heterocycles. The number of fused-ring (bicyclic) bond motifs is 1. The van der Waals surface area contributed by atoms with Crippen LogP contribution in [0.4, 0.5) is 5.95 Å². The number of rotatable bonds is 1. The van der Waals surface area contributed by atoms with Crippen molar-refractivity contribution in [2.24, 2.45) is 7.05 Å². The van der Waals surface area contributed by atoms with Gasteiger partial charge in [-0.25, -0.2) is 14.6 Å². The Morgan fingerprint density at radius 3 is 2.94 bits per heavy atom. The Bertz CT molecular complexity index is 683. The topological polar surface area (TPSA) is 82.5 Å². The van der Waals surface area contributed by atoms with E-state index in [-0.39, 0.29) is 5.95 Å². The Morgan fingerprint density at radius 2 is 2.24 bits per heavy atom. The van der Waals surface area contributed by atoms with E-state index in [1.165, 1.54) is 11.3 Å². The standard InChI is InChI=1S/C9H7BrN6S/c1-16-6(7(10)14-15-16)5-4-2-3-17-8(4)13-9(11)12-5/h2-3H,1H3,(H2,11,12,13). The maximum Gasteiger partial charge on any atom is 0.222 e. The van der Waals surface area contributed by atoms with E-state index in [0.717, 1.165) is 21.6 Å². The molecule has 0 aromatic carbocycles. The molecule has 3 aromatic heterocycles. The Kier molecular flexibility index (Phi) is 2.33. The third-order valence-electron chi connectivity index (χ3n) is 2.35. The molecular formula is C9H7BrN6S. The number of nitrogen functional groups attached to an aromatic ring is 1. The Labute approximate surface area is 109 Å². The number of hydrogen-bond donors (Lipinski definition) is 1. The van der Waals surface area contributed by atoms with Gasteiger partial charge in [-0.05, 0) is 27.4 Å². The molecule has 0 spiro atoms. The van der Waals surface area contributed by atoms with Crippen molar-refractivity contribution in [1.29, 1.82) is 0 Å². The van der Waals surface area contributed by atoms with Crippen molar-refractivity contribution in [2.45, 2.75) is 0 Å². The fourth-order valence-corrected chi connectivity index (χ4v) is 2.92. The van der Waals surface area contributed by atoms with E-state index >= 15 is 0 Å². The second-order valence-corrected chi connectivity index (χ2v) is 5.07. The lowest BCUT2D eigenvalue weighted by Gasteiger charge is -2.03. The number of aryl methyl sites for hydroxylation is 1. The van der Waals surface area contributed by atoms with Crippen LogP contribution in [0.25, 0.3) is 21.6 Å². The van der Waals surface area contributed by atoms with E-state index in [2.05, 4.69) is 36.2 Å². The molecule has 8 heteroatoms. The summed E-state index contributed by atoms with van der Waals surface area (Å²) in [7, 11) is 1.81. The number of nitrogens with two attached hydrogens (primary N) is 1. The van der Waals surface area contributed by atoms with E-state index in [1.54, 1.807) is 4.68 Å². The van der Waals surface area contributed by atoms with Gasteiger partial charge in [0.1, 0.15) is 16.2 Å². The monoisotopic (exact) mass is 310 g/mol. The highest BCUT2D eigenvalue weighted by atomic mass is 79.9. The third kappa shape index (κ3) is 1.60. The minimum absolute atomic E-state index is 0.253. The van der Waals surface area contributed by atoms with Gasteiger partial charge in [-0.1, -0.05) is 5.21 Å². The van der Waals surface area contributed by atoms with Gasteiger partial charge in [0, 0.05) is 12.4 Å². The highest BCUT2D eigenvalue weighted by Gasteiger charge is 2.17. The maximum atomic E-state index is 5.71. The average molecular weight is 311 g/mol. The minimum Gasteiger partial charge on any atom is -0.368 e. The second kappa shape index (κ2) is 3.74. The van der Waals surface area contributed by atoms with Crippen molar-refractivity contribution in [3.8, 4) is 11.4 Å². The zero-order valence-corrected chi connectivity index (χ0v) is 11.2. The first kappa shape index (κ1) is 10.6. The number of hydrogen-bond acceptors (Lipinski definition) is 6. The summed E-state index contributed by atoms with van der Waals surface area (Å²) in [5.74, 6) is 0.253. The molecule has 0 saturated carbocycles. The van der Waals surface area contributed by atoms with Crippen LogP contribution in [-0.2, 0) is 7.05 Å². The predicted molar refractivity (Wildman–Crippen MR) is 69.5 cm³/mol. The van der Waals surface area contributed by atoms with Crippen LogP contribution in [0.3, 0.4) is 0 Å². The highest BCUT2D eigenvalue weighted by Crippen LogP contribution is 2.32. The van der Waals surface area contributed by atoms with Gasteiger partial charge in [0.2, 0.25) is 5.95 Å². The van der Waals surface area contributed by atoms with Gasteiger partial charge in [-0.3, -0.25) is 0 Å². The van der Waals surface area contributed by atoms with E-state index in [9.17, 15) is 0 Å². The molecule has 3 aromatic rings. The van der Waals surface area contributed by atoms with Crippen LogP contribution in [0, 0.1) is 0 Å². The number of nitrogens with zero attached hydrogens (tertiary/aromatic N) is 5. The Morgan fingerprint density at radius 1 is 1.41 bits per heavy atom. The van der Waals surface area contributed by atoms with Gasteiger partial charge in [0.05, 0.1) is 0 Å². The van der Waals surface area contributed by atoms with Gasteiger partial charge >= 0.3 is 0 Å². The first-order valence-electron chi connectivity index (χ1n) is 4.73. The summed E-state index contributed by atoms with van der Waals surface area (Å²) >= 11 is 4.89. The molecule has 17 heavy (non-hydrogen) atoms. The smallest absolute Gasteiger partial charge is 0.222 e. The van der Waals surface area contributed by atoms with Crippen molar-refractivity contribution in [3.05, 3.63) is 16.0 Å². The summed E-state index contributed by atoms with van der Waals surface area (Å²) in [6.45, 7) is 0. The van der Waals surface area contributed by atoms with E-state index in [1.807, 2.05) is 18.5 Å². The van der Waals surface area contributed by atoms with E-state index in [0.29, 0.717) is 4.60 Å². The molecule has 0 unspecified atom stereocenters. The molecule has 2 N–H and O–H groups in total. The highest BCUT2D eigenvalue weighted by molar-refractivity contribution is 9.10. The second-order valence-electron chi connectivity index (χ2n) is 3.42. The molecule has 0 aliphatic carbocycles. The third-order valence-corrected chi connectivity index (χ3v) is 3.69. The van der Waals surface area contributed by atoms with Gasteiger partial charge < -0.3 is 5.73 Å². The summed E-state index contributed by atoms with van der Waals surface area (Å²) in [4.78, 5) is 9.33. The number of halogens is 1. The Hall–Kier alpha value is -1.54. The molecule has 0 aliphatic heterocycles. The molecule has 0 bridgehead atoms. The maximum absolute atomic E-state index is 5.71. The van der Waals surface area contributed by atoms with E-state index in [4.69, 9.17) is 5.73 Å². The van der Waals surface area contributed by atoms with Gasteiger partial charge in [0.25, 0.3) is 0 Å². The molecule has 3 heterocycles. The molecule has 0 aliphatic rings. The fraction of sp³-hybridized carbons (Fsp3) is 0.111. The van der Waals surface area contributed by atoms with Gasteiger partial charge in [0.15, 0.2) is 4.60 Å². The summed E-state index contributed by atoms with van der Waals surface area (Å²) < 4.78 is 2.30. The largest absolute Gasteiger partial charge is 0.368 e. The zero-order chi connectivity index (χ0) is 12.0. The summed E-state index contributed by atoms with van der Waals surface area (Å²) in [5.41, 5.74) is 7.25. The lowest BCUT2D eigenvalue weighted by molar-refractivity contribution is 0.719. The van der Waals surface area contributed by atoms with Crippen LogP contribution in [0.1, 0.15) is 0 Å². The van der Waals surface area contributed by atoms with Crippen molar-refractivity contribution < 1.29 is 0 Å². The van der Waals surface area contributed by atoms with Gasteiger partial charge in [-0.15, -0.1) is 16.4 Å². The first-order valence-corrected chi connectivity index (χ1v) is 6.40. The Balaban J connectivity index is 2.40. The van der Waals surface area contributed by atoms with Crippen LogP contribution in [0.15, 0.2) is 16.0 Å². The number of anilines is 1. The zero-order valence-electron chi connectivity index (χ0n) is 8.75. The molecule has 6 nitrogen and oxygen atoms in total. The molecular weight excluding hydrogens is 304 g/mol. The molecule has 0 amide bonds. The molecule has 0 atom stereocenters. The van der Waals surface area contributed by atoms with Gasteiger partial charge in [-0.2, -0.15) is 0 Å². The molecule has 3 rings (SSSR count). The summed E-state index contributed by atoms with van der Waals surface area (Å²) in [6.07, 6.45) is 0. The van der Waals surface area contributed by atoms with Crippen molar-refractivity contribution >= 4 is 43.4 Å². The molecule has 86 valence electrons. The summed E-state index contributed by atoms with van der Waals surface area (Å²) in [6, 6.07) is 1.97. The normalized spacial score (nSPS) is 11.2. The first-order chi connectivity index (χ1) is 8.16. The van der Waals surface area contributed by atoms with Crippen LogP contribution >= 0.6 is 27.3 Å². The van der Waals surface area contributed by atoms with Crippen molar-refractivity contribution in [1.82, 2.24) is 25.0 Å². The lowest BCUT2D eigenvalue weighted by atomic mass is 10.2. The summed E-state index contributed by atoms with van der Waals surface area (Å²) in [5, 5.41) is 10.8.